The fourth-order valence-electron chi connectivity index (χ4n) is 1.85. The first-order valence-corrected chi connectivity index (χ1v) is 6.46. The number of nitrogens with one attached hydrogen (secondary N) is 1. The second-order valence-corrected chi connectivity index (χ2v) is 4.80. The van der Waals surface area contributed by atoms with Crippen LogP contribution in [0.15, 0.2) is 35.0 Å². The second kappa shape index (κ2) is 4.01. The molecule has 0 saturated heterocycles. The first-order chi connectivity index (χ1) is 8.29. The molecule has 86 valence electrons. The summed E-state index contributed by atoms with van der Waals surface area (Å²) in [6.45, 7) is 0. The SMILES string of the molecule is COc1ccc2[nH]c(=S)n(-c3ccsc3)c2c1. The first kappa shape index (κ1) is 10.6. The molecular formula is C12H10N2OS2. The van der Waals surface area contributed by atoms with Crippen molar-refractivity contribution in [2.24, 2.45) is 0 Å². The number of aromatic amines is 1. The van der Waals surface area contributed by atoms with E-state index in [0.29, 0.717) is 4.77 Å². The molecule has 3 nitrogen and oxygen atoms in total. The van der Waals surface area contributed by atoms with Gasteiger partial charge in [0.15, 0.2) is 4.77 Å². The molecule has 0 aliphatic rings. The Kier molecular flexibility index (Phi) is 2.49. The van der Waals surface area contributed by atoms with E-state index in [0.717, 1.165) is 22.5 Å². The number of nitrogens with zero attached hydrogens (tertiary/aromatic N) is 1. The van der Waals surface area contributed by atoms with E-state index < -0.39 is 0 Å². The van der Waals surface area contributed by atoms with Crippen molar-refractivity contribution in [3.8, 4) is 11.4 Å². The summed E-state index contributed by atoms with van der Waals surface area (Å²) < 4.78 is 7.96. The number of thiophene rings is 1. The van der Waals surface area contributed by atoms with E-state index in [1.807, 2.05) is 34.2 Å². The largest absolute Gasteiger partial charge is 0.497 e. The quantitative estimate of drug-likeness (QED) is 0.713. The predicted molar refractivity (Wildman–Crippen MR) is 72.9 cm³/mol. The third kappa shape index (κ3) is 1.67. The Balaban J connectivity index is 2.36. The molecule has 0 fully saturated rings. The van der Waals surface area contributed by atoms with Crippen LogP contribution in [0.2, 0.25) is 0 Å². The summed E-state index contributed by atoms with van der Waals surface area (Å²) in [6.07, 6.45) is 0. The molecule has 3 rings (SSSR count). The third-order valence-electron chi connectivity index (χ3n) is 2.65. The summed E-state index contributed by atoms with van der Waals surface area (Å²) in [7, 11) is 1.66. The lowest BCUT2D eigenvalue weighted by molar-refractivity contribution is 0.415. The maximum Gasteiger partial charge on any atom is 0.182 e. The molecule has 2 aromatic heterocycles. The number of methoxy groups -OCH3 is 1. The minimum Gasteiger partial charge on any atom is -0.497 e. The normalized spacial score (nSPS) is 10.9. The summed E-state index contributed by atoms with van der Waals surface area (Å²) in [5.74, 6) is 0.829. The van der Waals surface area contributed by atoms with E-state index in [-0.39, 0.29) is 0 Å². The van der Waals surface area contributed by atoms with Gasteiger partial charge in [-0.15, -0.1) is 0 Å². The van der Waals surface area contributed by atoms with Crippen molar-refractivity contribution in [2.75, 3.05) is 7.11 Å². The van der Waals surface area contributed by atoms with Gasteiger partial charge in [0.05, 0.1) is 23.8 Å². The molecule has 0 radical (unpaired) electrons. The topological polar surface area (TPSA) is 29.9 Å². The highest BCUT2D eigenvalue weighted by Gasteiger charge is 2.07. The molecule has 0 spiro atoms. The highest BCUT2D eigenvalue weighted by atomic mass is 32.1. The lowest BCUT2D eigenvalue weighted by atomic mass is 10.3. The van der Waals surface area contributed by atoms with Crippen molar-refractivity contribution in [2.45, 2.75) is 0 Å². The van der Waals surface area contributed by atoms with Crippen LogP contribution in [0.3, 0.4) is 0 Å². The van der Waals surface area contributed by atoms with E-state index >= 15 is 0 Å². The van der Waals surface area contributed by atoms with Gasteiger partial charge in [0.25, 0.3) is 0 Å². The molecule has 0 amide bonds. The zero-order valence-electron chi connectivity index (χ0n) is 9.14. The van der Waals surface area contributed by atoms with Crippen molar-refractivity contribution in [1.82, 2.24) is 9.55 Å². The van der Waals surface area contributed by atoms with E-state index in [2.05, 4.69) is 10.4 Å². The molecule has 0 bridgehead atoms. The molecule has 17 heavy (non-hydrogen) atoms. The molecule has 1 N–H and O–H groups in total. The first-order valence-electron chi connectivity index (χ1n) is 5.11. The van der Waals surface area contributed by atoms with Crippen LogP contribution in [-0.2, 0) is 0 Å². The molecule has 0 saturated carbocycles. The van der Waals surface area contributed by atoms with Crippen molar-refractivity contribution in [1.29, 1.82) is 0 Å². The lowest BCUT2D eigenvalue weighted by Crippen LogP contribution is -1.91. The monoisotopic (exact) mass is 262 g/mol. The predicted octanol–water partition coefficient (Wildman–Crippen LogP) is 3.76. The van der Waals surface area contributed by atoms with Crippen LogP contribution in [0.4, 0.5) is 0 Å². The Hall–Kier alpha value is -1.59. The molecule has 5 heteroatoms. The Bertz CT molecular complexity index is 710. The van der Waals surface area contributed by atoms with E-state index in [9.17, 15) is 0 Å². The smallest absolute Gasteiger partial charge is 0.182 e. The van der Waals surface area contributed by atoms with Crippen molar-refractivity contribution in [3.05, 3.63) is 39.8 Å². The Morgan fingerprint density at radius 3 is 2.94 bits per heavy atom. The number of hydrogen-bond acceptors (Lipinski definition) is 3. The molecule has 3 aromatic rings. The van der Waals surface area contributed by atoms with Gasteiger partial charge >= 0.3 is 0 Å². The number of hydrogen-bond donors (Lipinski definition) is 1. The van der Waals surface area contributed by atoms with E-state index in [4.69, 9.17) is 17.0 Å². The fourth-order valence-corrected chi connectivity index (χ4v) is 2.78. The summed E-state index contributed by atoms with van der Waals surface area (Å²) >= 11 is 7.00. The minimum atomic E-state index is 0.701. The molecule has 0 atom stereocenters. The Labute approximate surface area is 107 Å². The van der Waals surface area contributed by atoms with Crippen molar-refractivity contribution >= 4 is 34.6 Å². The number of aromatic nitrogens is 2. The van der Waals surface area contributed by atoms with Crippen LogP contribution in [0, 0.1) is 4.77 Å². The zero-order valence-corrected chi connectivity index (χ0v) is 10.8. The Morgan fingerprint density at radius 1 is 1.35 bits per heavy atom. The lowest BCUT2D eigenvalue weighted by Gasteiger charge is -2.03. The van der Waals surface area contributed by atoms with Gasteiger partial charge in [0.1, 0.15) is 5.75 Å². The fraction of sp³-hybridized carbons (Fsp3) is 0.0833. The average Bonchev–Trinajstić information content (AvgIpc) is 2.93. The number of H-pyrrole nitrogens is 1. The zero-order chi connectivity index (χ0) is 11.8. The second-order valence-electron chi connectivity index (χ2n) is 3.63. The number of ether oxygens (including phenoxy) is 1. The highest BCUT2D eigenvalue weighted by molar-refractivity contribution is 7.71. The van der Waals surface area contributed by atoms with Gasteiger partial charge in [-0.05, 0) is 35.8 Å². The van der Waals surface area contributed by atoms with Crippen molar-refractivity contribution in [3.63, 3.8) is 0 Å². The number of imidazole rings is 1. The van der Waals surface area contributed by atoms with Crippen molar-refractivity contribution < 1.29 is 4.74 Å². The molecule has 0 unspecified atom stereocenters. The molecule has 0 aliphatic heterocycles. The van der Waals surface area contributed by atoms with Gasteiger partial charge < -0.3 is 9.72 Å². The van der Waals surface area contributed by atoms with Gasteiger partial charge in [-0.2, -0.15) is 11.3 Å². The summed E-state index contributed by atoms with van der Waals surface area (Å²) in [5, 5.41) is 4.11. The van der Waals surface area contributed by atoms with E-state index in [1.54, 1.807) is 18.4 Å². The molecule has 1 aromatic carbocycles. The minimum absolute atomic E-state index is 0.701. The third-order valence-corrected chi connectivity index (χ3v) is 3.61. The number of fused-ring (bicyclic) bond motifs is 1. The Morgan fingerprint density at radius 2 is 2.24 bits per heavy atom. The van der Waals surface area contributed by atoms with Crippen LogP contribution in [0.1, 0.15) is 0 Å². The van der Waals surface area contributed by atoms with Crippen LogP contribution in [-0.4, -0.2) is 16.7 Å². The average molecular weight is 262 g/mol. The van der Waals surface area contributed by atoms with Crippen LogP contribution in [0.25, 0.3) is 16.7 Å². The standard InChI is InChI=1S/C12H10N2OS2/c1-15-9-2-3-10-11(6-9)14(12(16)13-10)8-4-5-17-7-8/h2-7H,1H3,(H,13,16). The van der Waals surface area contributed by atoms with Gasteiger partial charge in [0.2, 0.25) is 0 Å². The summed E-state index contributed by atoms with van der Waals surface area (Å²) in [6, 6.07) is 7.94. The van der Waals surface area contributed by atoms with Gasteiger partial charge in [0, 0.05) is 11.4 Å². The molecule has 0 aliphatic carbocycles. The maximum absolute atomic E-state index is 5.35. The highest BCUT2D eigenvalue weighted by Crippen LogP contribution is 2.24. The summed E-state index contributed by atoms with van der Waals surface area (Å²) in [4.78, 5) is 3.19. The van der Waals surface area contributed by atoms with Gasteiger partial charge in [-0.1, -0.05) is 0 Å². The van der Waals surface area contributed by atoms with Crippen LogP contribution in [0.5, 0.6) is 5.75 Å². The number of rotatable bonds is 2. The van der Waals surface area contributed by atoms with Crippen LogP contribution >= 0.6 is 23.6 Å². The maximum atomic E-state index is 5.35. The molecular weight excluding hydrogens is 252 g/mol. The molecule has 2 heterocycles. The van der Waals surface area contributed by atoms with Gasteiger partial charge in [-0.3, -0.25) is 4.57 Å². The van der Waals surface area contributed by atoms with Gasteiger partial charge in [-0.25, -0.2) is 0 Å². The summed E-state index contributed by atoms with van der Waals surface area (Å²) in [5.41, 5.74) is 3.13. The van der Waals surface area contributed by atoms with Crippen LogP contribution < -0.4 is 4.74 Å². The van der Waals surface area contributed by atoms with E-state index in [1.165, 1.54) is 0 Å². The number of benzene rings is 1.